The van der Waals surface area contributed by atoms with Crippen molar-refractivity contribution in [2.75, 3.05) is 39.3 Å². The molecule has 0 saturated heterocycles. The van der Waals surface area contributed by atoms with E-state index in [4.69, 9.17) is 74.5 Å². The molecule has 0 aliphatic heterocycles. The summed E-state index contributed by atoms with van der Waals surface area (Å²) >= 11 is 29.6. The van der Waals surface area contributed by atoms with Crippen molar-refractivity contribution in [3.8, 4) is 0 Å². The third-order valence-corrected chi connectivity index (χ3v) is 7.31. The molecule has 0 rings (SSSR count). The van der Waals surface area contributed by atoms with E-state index >= 15 is 0 Å². The number of unbranched alkanes of at least 4 members (excludes halogenated alkanes) is 9. The number of nitrogens with zero attached hydrogens (tertiary/aromatic N) is 3. The summed E-state index contributed by atoms with van der Waals surface area (Å²) in [5.41, 5.74) is 0. The molecule has 218 valence electrons. The Hall–Kier alpha value is 1.15. The van der Waals surface area contributed by atoms with Gasteiger partial charge in [-0.2, -0.15) is 0 Å². The molecule has 0 aliphatic rings. The van der Waals surface area contributed by atoms with E-state index in [-0.39, 0.29) is 24.4 Å². The van der Waals surface area contributed by atoms with Crippen LogP contribution in [0, 0.1) is 0 Å². The van der Waals surface area contributed by atoms with Crippen LogP contribution in [0.15, 0.2) is 0 Å². The van der Waals surface area contributed by atoms with Gasteiger partial charge in [0.25, 0.3) is 0 Å². The van der Waals surface area contributed by atoms with Gasteiger partial charge in [-0.05, 0) is 40.0 Å². The molecule has 0 amide bonds. The minimum Gasteiger partial charge on any atom is -0.411 e. The summed E-state index contributed by atoms with van der Waals surface area (Å²) in [6, 6.07) is 0. The van der Waals surface area contributed by atoms with Crippen molar-refractivity contribution in [1.29, 1.82) is 0 Å². The van der Waals surface area contributed by atoms with Crippen molar-refractivity contribution < 1.29 is 0 Å². The van der Waals surface area contributed by atoms with Crippen molar-refractivity contribution in [3.05, 3.63) is 0 Å². The van der Waals surface area contributed by atoms with Crippen molar-refractivity contribution in [2.24, 2.45) is 0 Å². The van der Waals surface area contributed by atoms with Crippen molar-refractivity contribution in [3.63, 3.8) is 0 Å². The first-order valence-electron chi connectivity index (χ1n) is 14.0. The second-order valence-corrected chi connectivity index (χ2v) is 11.8. The summed E-state index contributed by atoms with van der Waals surface area (Å²) in [5, 5.41) is 0. The Morgan fingerprint density at radius 2 is 0.649 bits per heavy atom. The largest absolute Gasteiger partial charge is 3.00 e. The SMILES string of the molecule is CCCCCCN(CC)C(=S)[S-].CCCCCCN(CC)C(=S)[S-].CCCCCCN(CC)C(=S)[S-].[Sb+3]. The quantitative estimate of drug-likeness (QED) is 0.0600. The van der Waals surface area contributed by atoms with Gasteiger partial charge in [0.2, 0.25) is 0 Å². The fourth-order valence-corrected chi connectivity index (χ4v) is 4.65. The van der Waals surface area contributed by atoms with E-state index in [1.54, 1.807) is 0 Å². The number of rotatable bonds is 18. The van der Waals surface area contributed by atoms with Crippen LogP contribution >= 0.6 is 36.7 Å². The van der Waals surface area contributed by atoms with E-state index in [9.17, 15) is 0 Å². The first-order valence-corrected chi connectivity index (χ1v) is 16.5. The second-order valence-electron chi connectivity index (χ2n) is 8.72. The first-order chi connectivity index (χ1) is 17.2. The van der Waals surface area contributed by atoms with Gasteiger partial charge in [0, 0.05) is 39.3 Å². The van der Waals surface area contributed by atoms with Crippen LogP contribution in [0.25, 0.3) is 0 Å². The number of thiocarbonyl (C=S) groups is 3. The molecule has 0 aliphatic carbocycles. The van der Waals surface area contributed by atoms with Crippen molar-refractivity contribution in [1.82, 2.24) is 14.7 Å². The second kappa shape index (κ2) is 35.2. The van der Waals surface area contributed by atoms with Gasteiger partial charge in [0.05, 0.1) is 0 Å². The van der Waals surface area contributed by atoms with E-state index < -0.39 is 0 Å². The van der Waals surface area contributed by atoms with E-state index in [1.807, 2.05) is 0 Å². The minimum atomic E-state index is 0. The summed E-state index contributed by atoms with van der Waals surface area (Å²) in [4.78, 5) is 6.25. The maximum atomic E-state index is 4.93. The molecule has 0 N–H and O–H groups in total. The van der Waals surface area contributed by atoms with Crippen LogP contribution in [-0.2, 0) is 37.9 Å². The molecular formula is C27H54N3S6Sb. The first kappa shape index (κ1) is 45.1. The Morgan fingerprint density at radius 1 is 0.432 bits per heavy atom. The van der Waals surface area contributed by atoms with Gasteiger partial charge in [0.1, 0.15) is 0 Å². The van der Waals surface area contributed by atoms with E-state index in [0.29, 0.717) is 13.0 Å². The van der Waals surface area contributed by atoms with E-state index in [1.165, 1.54) is 77.0 Å². The topological polar surface area (TPSA) is 9.72 Å². The van der Waals surface area contributed by atoms with Gasteiger partial charge >= 0.3 is 24.4 Å². The molecule has 0 bridgehead atoms. The van der Waals surface area contributed by atoms with Crippen LogP contribution in [0.4, 0.5) is 0 Å². The monoisotopic (exact) mass is 733 g/mol. The van der Waals surface area contributed by atoms with Gasteiger partial charge in [-0.1, -0.05) is 91.5 Å². The van der Waals surface area contributed by atoms with Crippen LogP contribution in [0.1, 0.15) is 119 Å². The zero-order valence-electron chi connectivity index (χ0n) is 24.5. The van der Waals surface area contributed by atoms with Crippen molar-refractivity contribution in [2.45, 2.75) is 119 Å². The molecular weight excluding hydrogens is 680 g/mol. The van der Waals surface area contributed by atoms with Gasteiger partial charge in [0.15, 0.2) is 0 Å². The van der Waals surface area contributed by atoms with Gasteiger partial charge in [-0.3, -0.25) is 0 Å². The summed E-state index contributed by atoms with van der Waals surface area (Å²) in [6.45, 7) is 18.9. The Labute approximate surface area is 282 Å². The molecule has 10 heteroatoms. The van der Waals surface area contributed by atoms with E-state index in [0.717, 1.165) is 39.3 Å². The predicted octanol–water partition coefficient (Wildman–Crippen LogP) is 7.78. The number of hydrogen-bond acceptors (Lipinski definition) is 6. The van der Waals surface area contributed by atoms with E-state index in [2.05, 4.69) is 56.2 Å². The zero-order valence-corrected chi connectivity index (χ0v) is 31.9. The molecule has 0 spiro atoms. The fraction of sp³-hybridized carbons (Fsp3) is 0.889. The summed E-state index contributed by atoms with van der Waals surface area (Å²) in [7, 11) is 0. The maximum Gasteiger partial charge on any atom is 3.00 e. The Morgan fingerprint density at radius 3 is 0.784 bits per heavy atom. The third-order valence-electron chi connectivity index (χ3n) is 5.76. The smallest absolute Gasteiger partial charge is 0.411 e. The van der Waals surface area contributed by atoms with Gasteiger partial charge in [-0.15, -0.1) is 0 Å². The average Bonchev–Trinajstić information content (AvgIpc) is 2.84. The summed E-state index contributed by atoms with van der Waals surface area (Å²) < 4.78 is 1.86. The maximum absolute atomic E-state index is 4.93. The van der Waals surface area contributed by atoms with Crippen LogP contribution in [0.5, 0.6) is 0 Å². The van der Waals surface area contributed by atoms with Crippen LogP contribution < -0.4 is 0 Å². The Kier molecular flexibility index (Phi) is 42.9. The summed E-state index contributed by atoms with van der Waals surface area (Å²) in [5.74, 6) is 0. The molecule has 0 heterocycles. The minimum absolute atomic E-state index is 0. The molecule has 37 heavy (non-hydrogen) atoms. The third kappa shape index (κ3) is 33.3. The normalized spacial score (nSPS) is 9.57. The molecule has 0 aromatic carbocycles. The van der Waals surface area contributed by atoms with Gasteiger partial charge in [-0.25, -0.2) is 0 Å². The molecule has 0 fully saturated rings. The zero-order chi connectivity index (χ0) is 28.2. The van der Waals surface area contributed by atoms with Gasteiger partial charge < -0.3 is 89.2 Å². The van der Waals surface area contributed by atoms with Crippen LogP contribution in [0.2, 0.25) is 0 Å². The molecule has 2 radical (unpaired) electrons. The molecule has 0 aromatic heterocycles. The molecule has 0 aromatic rings. The predicted molar refractivity (Wildman–Crippen MR) is 190 cm³/mol. The molecule has 0 saturated carbocycles. The van der Waals surface area contributed by atoms with Crippen LogP contribution in [-0.4, -0.2) is 91.4 Å². The van der Waals surface area contributed by atoms with Crippen molar-refractivity contribution >= 4 is 112 Å². The molecule has 3 nitrogen and oxygen atoms in total. The average molecular weight is 735 g/mol. The van der Waals surface area contributed by atoms with Crippen LogP contribution in [0.3, 0.4) is 0 Å². The number of hydrogen-bond donors (Lipinski definition) is 0. The Bertz CT molecular complexity index is 455. The fourth-order valence-electron chi connectivity index (χ4n) is 3.32. The Balaban J connectivity index is -0.000000218. The molecule has 0 atom stereocenters. The summed E-state index contributed by atoms with van der Waals surface area (Å²) in [6.07, 6.45) is 15.4. The molecule has 0 unspecified atom stereocenters. The standard InChI is InChI=1S/3C9H19NS2.Sb/c3*1-3-5-6-7-8-10(4-2)9(11)12;/h3*3-8H2,1-2H3,(H,11,12);/q;;;+3/p-3.